The van der Waals surface area contributed by atoms with Crippen LogP contribution >= 0.6 is 0 Å². The second kappa shape index (κ2) is 5.72. The zero-order valence-corrected chi connectivity index (χ0v) is 12.5. The number of hydrogen-bond acceptors (Lipinski definition) is 3. The Morgan fingerprint density at radius 3 is 2.40 bits per heavy atom. The van der Waals surface area contributed by atoms with E-state index in [1.165, 1.54) is 0 Å². The maximum atomic E-state index is 12.5. The molecule has 1 N–H and O–H groups in total. The van der Waals surface area contributed by atoms with Gasteiger partial charge >= 0.3 is 5.97 Å². The van der Waals surface area contributed by atoms with E-state index in [2.05, 4.69) is 0 Å². The Hall–Kier alpha value is -1.10. The van der Waals surface area contributed by atoms with E-state index in [-0.39, 0.29) is 23.3 Å². The van der Waals surface area contributed by atoms with Crippen molar-refractivity contribution in [1.29, 1.82) is 0 Å². The van der Waals surface area contributed by atoms with Crippen LogP contribution in [0.25, 0.3) is 0 Å². The molecule has 0 aromatic carbocycles. The molecule has 1 saturated heterocycles. The van der Waals surface area contributed by atoms with Crippen molar-refractivity contribution in [3.05, 3.63) is 0 Å². The van der Waals surface area contributed by atoms with Crippen molar-refractivity contribution >= 4 is 11.9 Å². The molecule has 0 atom stereocenters. The van der Waals surface area contributed by atoms with Gasteiger partial charge in [0.15, 0.2) is 0 Å². The fraction of sp³-hybridized carbons (Fsp3) is 0.867. The number of rotatable bonds is 4. The molecule has 0 aromatic rings. The van der Waals surface area contributed by atoms with Crippen LogP contribution < -0.4 is 0 Å². The third-order valence-electron chi connectivity index (χ3n) is 4.50. The molecule has 0 unspecified atom stereocenters. The van der Waals surface area contributed by atoms with Gasteiger partial charge < -0.3 is 14.7 Å². The Morgan fingerprint density at radius 2 is 1.85 bits per heavy atom. The van der Waals surface area contributed by atoms with E-state index in [0.717, 1.165) is 25.7 Å². The molecule has 20 heavy (non-hydrogen) atoms. The number of ether oxygens (including phenoxy) is 1. The highest BCUT2D eigenvalue weighted by atomic mass is 16.5. The summed E-state index contributed by atoms with van der Waals surface area (Å²) >= 11 is 0. The second-order valence-electron chi connectivity index (χ2n) is 6.88. The normalized spacial score (nSPS) is 24.6. The lowest BCUT2D eigenvalue weighted by atomic mass is 9.79. The lowest BCUT2D eigenvalue weighted by Crippen LogP contribution is -2.51. The fourth-order valence-electron chi connectivity index (χ4n) is 3.52. The van der Waals surface area contributed by atoms with E-state index >= 15 is 0 Å². The lowest BCUT2D eigenvalue weighted by Gasteiger charge is -2.39. The summed E-state index contributed by atoms with van der Waals surface area (Å²) in [6.45, 7) is 5.73. The van der Waals surface area contributed by atoms with Gasteiger partial charge in [-0.1, -0.05) is 12.8 Å². The van der Waals surface area contributed by atoms with Gasteiger partial charge in [-0.25, -0.2) is 0 Å². The zero-order valence-electron chi connectivity index (χ0n) is 12.5. The monoisotopic (exact) mass is 283 g/mol. The first-order valence-electron chi connectivity index (χ1n) is 7.46. The second-order valence-corrected chi connectivity index (χ2v) is 6.88. The van der Waals surface area contributed by atoms with Crippen molar-refractivity contribution in [3.63, 3.8) is 0 Å². The maximum absolute atomic E-state index is 12.5. The summed E-state index contributed by atoms with van der Waals surface area (Å²) in [6, 6.07) is 0. The highest BCUT2D eigenvalue weighted by Gasteiger charge is 2.40. The summed E-state index contributed by atoms with van der Waals surface area (Å²) in [4.78, 5) is 25.4. The molecule has 2 aliphatic rings. The number of carboxylic acid groups (broad SMARTS) is 1. The van der Waals surface area contributed by atoms with Crippen molar-refractivity contribution in [3.8, 4) is 0 Å². The Kier molecular flexibility index (Phi) is 4.37. The van der Waals surface area contributed by atoms with Gasteiger partial charge in [0.05, 0.1) is 18.6 Å². The van der Waals surface area contributed by atoms with Gasteiger partial charge in [0.2, 0.25) is 5.91 Å². The van der Waals surface area contributed by atoms with Gasteiger partial charge in [0, 0.05) is 19.5 Å². The zero-order chi connectivity index (χ0) is 14.8. The number of hydrogen-bond donors (Lipinski definition) is 1. The smallest absolute Gasteiger partial charge is 0.303 e. The van der Waals surface area contributed by atoms with Crippen LogP contribution in [0.15, 0.2) is 0 Å². The fourth-order valence-corrected chi connectivity index (χ4v) is 3.52. The van der Waals surface area contributed by atoms with E-state index in [1.54, 1.807) is 0 Å². The first-order valence-corrected chi connectivity index (χ1v) is 7.46. The predicted octanol–water partition coefficient (Wildman–Crippen LogP) is 2.05. The molecule has 0 spiro atoms. The Labute approximate surface area is 120 Å². The number of morpholine rings is 1. The topological polar surface area (TPSA) is 66.8 Å². The summed E-state index contributed by atoms with van der Waals surface area (Å²) in [7, 11) is 0. The Balaban J connectivity index is 1.99. The number of carbonyl (C=O) groups is 2. The Bertz CT molecular complexity index is 385. The van der Waals surface area contributed by atoms with Crippen LogP contribution in [0.5, 0.6) is 0 Å². The minimum Gasteiger partial charge on any atom is -0.481 e. The number of nitrogens with zero attached hydrogens (tertiary/aromatic N) is 1. The highest BCUT2D eigenvalue weighted by Crippen LogP contribution is 2.44. The molecule has 1 aliphatic heterocycles. The van der Waals surface area contributed by atoms with E-state index in [4.69, 9.17) is 9.84 Å². The molecule has 2 rings (SSSR count). The third-order valence-corrected chi connectivity index (χ3v) is 4.50. The van der Waals surface area contributed by atoms with Crippen LogP contribution in [0.2, 0.25) is 0 Å². The van der Waals surface area contributed by atoms with Gasteiger partial charge in [-0.05, 0) is 32.1 Å². The summed E-state index contributed by atoms with van der Waals surface area (Å²) < 4.78 is 5.62. The maximum Gasteiger partial charge on any atom is 0.303 e. The molecular weight excluding hydrogens is 258 g/mol. The molecular formula is C15H25NO4. The standard InChI is InChI=1S/C15H25NO4/c1-14(2)11-16(7-8-20-14)12(17)9-15(10-13(18)19)5-3-4-6-15/h3-11H2,1-2H3,(H,18,19). The molecule has 1 saturated carbocycles. The van der Waals surface area contributed by atoms with Crippen LogP contribution in [0.1, 0.15) is 52.4 Å². The van der Waals surface area contributed by atoms with Gasteiger partial charge in [-0.2, -0.15) is 0 Å². The van der Waals surface area contributed by atoms with E-state index in [0.29, 0.717) is 26.1 Å². The van der Waals surface area contributed by atoms with Crippen LogP contribution in [-0.2, 0) is 14.3 Å². The van der Waals surface area contributed by atoms with E-state index in [9.17, 15) is 9.59 Å². The molecule has 5 nitrogen and oxygen atoms in total. The minimum absolute atomic E-state index is 0.0875. The van der Waals surface area contributed by atoms with Crippen LogP contribution in [0, 0.1) is 5.41 Å². The molecule has 2 fully saturated rings. The summed E-state index contributed by atoms with van der Waals surface area (Å²) in [5.41, 5.74) is -0.616. The van der Waals surface area contributed by atoms with Crippen LogP contribution in [-0.4, -0.2) is 47.2 Å². The minimum atomic E-state index is -0.790. The van der Waals surface area contributed by atoms with Gasteiger partial charge in [-0.15, -0.1) is 0 Å². The summed E-state index contributed by atoms with van der Waals surface area (Å²) in [5.74, 6) is -0.702. The molecule has 0 bridgehead atoms. The van der Waals surface area contributed by atoms with Crippen molar-refractivity contribution in [1.82, 2.24) is 4.90 Å². The molecule has 0 aromatic heterocycles. The molecule has 0 radical (unpaired) electrons. The number of carboxylic acids is 1. The van der Waals surface area contributed by atoms with Gasteiger partial charge in [0.25, 0.3) is 0 Å². The largest absolute Gasteiger partial charge is 0.481 e. The van der Waals surface area contributed by atoms with Crippen molar-refractivity contribution in [2.75, 3.05) is 19.7 Å². The predicted molar refractivity (Wildman–Crippen MR) is 74.4 cm³/mol. The number of amides is 1. The molecule has 5 heteroatoms. The number of aliphatic carboxylic acids is 1. The molecule has 114 valence electrons. The summed E-state index contributed by atoms with van der Waals surface area (Å²) in [5, 5.41) is 9.10. The van der Waals surface area contributed by atoms with E-state index < -0.39 is 5.97 Å². The SMILES string of the molecule is CC1(C)CN(C(=O)CC2(CC(=O)O)CCCC2)CCO1. The molecule has 1 amide bonds. The third kappa shape index (κ3) is 3.72. The van der Waals surface area contributed by atoms with Gasteiger partial charge in [0.1, 0.15) is 0 Å². The van der Waals surface area contributed by atoms with Crippen LogP contribution in [0.4, 0.5) is 0 Å². The highest BCUT2D eigenvalue weighted by molar-refractivity contribution is 5.78. The van der Waals surface area contributed by atoms with Crippen LogP contribution in [0.3, 0.4) is 0 Å². The van der Waals surface area contributed by atoms with E-state index in [1.807, 2.05) is 18.7 Å². The quantitative estimate of drug-likeness (QED) is 0.857. The summed E-state index contributed by atoms with van der Waals surface area (Å²) in [6.07, 6.45) is 4.28. The molecule has 1 heterocycles. The average molecular weight is 283 g/mol. The average Bonchev–Trinajstić information content (AvgIpc) is 2.75. The van der Waals surface area contributed by atoms with Gasteiger partial charge in [-0.3, -0.25) is 9.59 Å². The van der Waals surface area contributed by atoms with Crippen molar-refractivity contribution in [2.45, 2.75) is 58.0 Å². The lowest BCUT2D eigenvalue weighted by molar-refractivity contribution is -0.149. The Morgan fingerprint density at radius 1 is 1.20 bits per heavy atom. The van der Waals surface area contributed by atoms with Crippen molar-refractivity contribution in [2.24, 2.45) is 5.41 Å². The first-order chi connectivity index (χ1) is 9.32. The molecule has 1 aliphatic carbocycles. The number of carbonyl (C=O) groups excluding carboxylic acids is 1. The first kappa shape index (κ1) is 15.3. The van der Waals surface area contributed by atoms with Crippen molar-refractivity contribution < 1.29 is 19.4 Å².